The van der Waals surface area contributed by atoms with Gasteiger partial charge in [0.2, 0.25) is 0 Å². The molecule has 0 aliphatic carbocycles. The Labute approximate surface area is 101 Å². The molecule has 0 spiro atoms. The summed E-state index contributed by atoms with van der Waals surface area (Å²) in [6, 6.07) is 2.17. The molecule has 86 valence electrons. The van der Waals surface area contributed by atoms with Crippen LogP contribution in [0.15, 0.2) is 6.20 Å². The van der Waals surface area contributed by atoms with E-state index in [-0.39, 0.29) is 0 Å². The molecule has 1 aliphatic heterocycles. The van der Waals surface area contributed by atoms with Gasteiger partial charge in [0.1, 0.15) is 5.01 Å². The van der Waals surface area contributed by atoms with Crippen LogP contribution in [0.2, 0.25) is 0 Å². The highest BCUT2D eigenvalue weighted by Crippen LogP contribution is 2.17. The molecule has 0 amide bonds. The van der Waals surface area contributed by atoms with Gasteiger partial charge in [0.15, 0.2) is 0 Å². The second-order valence-corrected chi connectivity index (χ2v) is 5.45. The van der Waals surface area contributed by atoms with Crippen LogP contribution in [0, 0.1) is 11.3 Å². The van der Waals surface area contributed by atoms with Gasteiger partial charge in [-0.15, -0.1) is 11.3 Å². The highest BCUT2D eigenvalue weighted by Gasteiger charge is 2.11. The monoisotopic (exact) mass is 235 g/mol. The number of rotatable bonds is 3. The lowest BCUT2D eigenvalue weighted by Crippen LogP contribution is -2.23. The topological polar surface area (TPSA) is 39.9 Å². The normalized spacial score (nSPS) is 17.9. The molecule has 16 heavy (non-hydrogen) atoms. The average molecular weight is 235 g/mol. The van der Waals surface area contributed by atoms with Gasteiger partial charge in [-0.3, -0.25) is 4.90 Å². The first kappa shape index (κ1) is 11.6. The van der Waals surface area contributed by atoms with Crippen molar-refractivity contribution < 1.29 is 0 Å². The number of nitrogens with zero attached hydrogens (tertiary/aromatic N) is 3. The highest BCUT2D eigenvalue weighted by atomic mass is 32.1. The van der Waals surface area contributed by atoms with Crippen LogP contribution in [0.5, 0.6) is 0 Å². The summed E-state index contributed by atoms with van der Waals surface area (Å²) < 4.78 is 0. The van der Waals surface area contributed by atoms with Gasteiger partial charge in [-0.25, -0.2) is 4.98 Å². The molecule has 0 atom stereocenters. The third-order valence-corrected chi connectivity index (χ3v) is 3.89. The van der Waals surface area contributed by atoms with Gasteiger partial charge in [-0.2, -0.15) is 5.26 Å². The molecule has 1 aromatic rings. The molecule has 0 N–H and O–H groups in total. The number of nitriles is 1. The van der Waals surface area contributed by atoms with Gasteiger partial charge < -0.3 is 0 Å². The Balaban J connectivity index is 1.89. The molecule has 1 aliphatic rings. The van der Waals surface area contributed by atoms with Crippen molar-refractivity contribution in [3.63, 3.8) is 0 Å². The maximum absolute atomic E-state index is 8.61. The molecule has 2 rings (SSSR count). The minimum absolute atomic E-state index is 0.498. The van der Waals surface area contributed by atoms with Crippen molar-refractivity contribution in [3.05, 3.63) is 16.1 Å². The zero-order valence-corrected chi connectivity index (χ0v) is 10.3. The van der Waals surface area contributed by atoms with E-state index in [1.165, 1.54) is 38.8 Å². The van der Waals surface area contributed by atoms with E-state index >= 15 is 0 Å². The molecule has 0 radical (unpaired) electrons. The molecule has 2 heterocycles. The summed E-state index contributed by atoms with van der Waals surface area (Å²) in [4.78, 5) is 7.96. The maximum atomic E-state index is 8.61. The maximum Gasteiger partial charge on any atom is 0.107 e. The Morgan fingerprint density at radius 3 is 2.75 bits per heavy atom. The summed E-state index contributed by atoms with van der Waals surface area (Å²) in [7, 11) is 0. The highest BCUT2D eigenvalue weighted by molar-refractivity contribution is 7.11. The van der Waals surface area contributed by atoms with E-state index in [0.717, 1.165) is 16.4 Å². The van der Waals surface area contributed by atoms with Crippen molar-refractivity contribution in [3.8, 4) is 6.07 Å². The average Bonchev–Trinajstić information content (AvgIpc) is 2.56. The SMILES string of the molecule is N#CCc1cnc(CN2CCCCCC2)s1. The second kappa shape index (κ2) is 5.97. The van der Waals surface area contributed by atoms with Gasteiger partial charge in [0.25, 0.3) is 0 Å². The minimum atomic E-state index is 0.498. The molecule has 1 saturated heterocycles. The Hall–Kier alpha value is -0.920. The van der Waals surface area contributed by atoms with Crippen molar-refractivity contribution in [1.29, 1.82) is 5.26 Å². The van der Waals surface area contributed by atoms with Crippen molar-refractivity contribution in [2.75, 3.05) is 13.1 Å². The zero-order chi connectivity index (χ0) is 11.2. The zero-order valence-electron chi connectivity index (χ0n) is 9.48. The van der Waals surface area contributed by atoms with E-state index in [2.05, 4.69) is 16.0 Å². The molecule has 0 unspecified atom stereocenters. The number of thiazole rings is 1. The molecule has 4 heteroatoms. The molecule has 3 nitrogen and oxygen atoms in total. The summed E-state index contributed by atoms with van der Waals surface area (Å²) in [5.41, 5.74) is 0. The third kappa shape index (κ3) is 3.29. The number of hydrogen-bond acceptors (Lipinski definition) is 4. The van der Waals surface area contributed by atoms with E-state index in [0.29, 0.717) is 6.42 Å². The Morgan fingerprint density at radius 1 is 1.31 bits per heavy atom. The molecule has 0 bridgehead atoms. The minimum Gasteiger partial charge on any atom is -0.297 e. The van der Waals surface area contributed by atoms with Crippen LogP contribution in [0.1, 0.15) is 35.6 Å². The number of hydrogen-bond donors (Lipinski definition) is 0. The standard InChI is InChI=1S/C12H17N3S/c13-6-5-11-9-14-12(16-11)10-15-7-3-1-2-4-8-15/h9H,1-5,7-8,10H2. The van der Waals surface area contributed by atoms with E-state index in [9.17, 15) is 0 Å². The van der Waals surface area contributed by atoms with Crippen molar-refractivity contribution >= 4 is 11.3 Å². The van der Waals surface area contributed by atoms with Crippen LogP contribution in [-0.4, -0.2) is 23.0 Å². The van der Waals surface area contributed by atoms with Gasteiger partial charge >= 0.3 is 0 Å². The van der Waals surface area contributed by atoms with Crippen LogP contribution < -0.4 is 0 Å². The Bertz CT molecular complexity index is 359. The smallest absolute Gasteiger partial charge is 0.107 e. The van der Waals surface area contributed by atoms with Gasteiger partial charge in [0.05, 0.1) is 19.0 Å². The van der Waals surface area contributed by atoms with Crippen LogP contribution in [-0.2, 0) is 13.0 Å². The summed E-state index contributed by atoms with van der Waals surface area (Å²) >= 11 is 1.68. The third-order valence-electron chi connectivity index (χ3n) is 2.91. The lowest BCUT2D eigenvalue weighted by Gasteiger charge is -2.17. The predicted molar refractivity (Wildman–Crippen MR) is 65.2 cm³/mol. The van der Waals surface area contributed by atoms with Crippen molar-refractivity contribution in [1.82, 2.24) is 9.88 Å². The Kier molecular flexibility index (Phi) is 4.32. The van der Waals surface area contributed by atoms with Crippen LogP contribution in [0.4, 0.5) is 0 Å². The molecular weight excluding hydrogens is 218 g/mol. The first-order valence-corrected chi connectivity index (χ1v) is 6.73. The van der Waals surface area contributed by atoms with E-state index in [1.807, 2.05) is 6.20 Å². The first-order chi connectivity index (χ1) is 7.88. The van der Waals surface area contributed by atoms with Crippen LogP contribution in [0.3, 0.4) is 0 Å². The van der Waals surface area contributed by atoms with E-state index in [4.69, 9.17) is 5.26 Å². The number of likely N-dealkylation sites (tertiary alicyclic amines) is 1. The molecular formula is C12H17N3S. The fourth-order valence-electron chi connectivity index (χ4n) is 2.07. The fourth-order valence-corrected chi connectivity index (χ4v) is 2.96. The largest absolute Gasteiger partial charge is 0.297 e. The molecule has 1 fully saturated rings. The predicted octanol–water partition coefficient (Wildman–Crippen LogP) is 2.59. The van der Waals surface area contributed by atoms with E-state index < -0.39 is 0 Å². The Morgan fingerprint density at radius 2 is 2.06 bits per heavy atom. The van der Waals surface area contributed by atoms with Gasteiger partial charge in [-0.05, 0) is 25.9 Å². The molecule has 0 saturated carbocycles. The second-order valence-electron chi connectivity index (χ2n) is 4.25. The van der Waals surface area contributed by atoms with Gasteiger partial charge in [-0.1, -0.05) is 12.8 Å². The fraction of sp³-hybridized carbons (Fsp3) is 0.667. The lowest BCUT2D eigenvalue weighted by atomic mass is 10.2. The number of aromatic nitrogens is 1. The van der Waals surface area contributed by atoms with Crippen molar-refractivity contribution in [2.45, 2.75) is 38.6 Å². The molecule has 1 aromatic heterocycles. The van der Waals surface area contributed by atoms with Crippen molar-refractivity contribution in [2.24, 2.45) is 0 Å². The first-order valence-electron chi connectivity index (χ1n) is 5.91. The summed E-state index contributed by atoms with van der Waals surface area (Å²) in [5.74, 6) is 0. The van der Waals surface area contributed by atoms with Gasteiger partial charge in [0, 0.05) is 11.1 Å². The van der Waals surface area contributed by atoms with Crippen LogP contribution >= 0.6 is 11.3 Å². The van der Waals surface area contributed by atoms with Crippen LogP contribution in [0.25, 0.3) is 0 Å². The summed E-state index contributed by atoms with van der Waals surface area (Å²) in [6.45, 7) is 3.37. The lowest BCUT2D eigenvalue weighted by molar-refractivity contribution is 0.276. The molecule has 0 aromatic carbocycles. The summed E-state index contributed by atoms with van der Waals surface area (Å²) in [5, 5.41) is 9.77. The van der Waals surface area contributed by atoms with E-state index in [1.54, 1.807) is 11.3 Å². The summed E-state index contributed by atoms with van der Waals surface area (Å²) in [6.07, 6.45) is 7.72. The quantitative estimate of drug-likeness (QED) is 0.808.